The summed E-state index contributed by atoms with van der Waals surface area (Å²) in [5.41, 5.74) is 3.16. The lowest BCUT2D eigenvalue weighted by Crippen LogP contribution is -2.18. The molecular weight excluding hydrogens is 1190 g/mol. The standard InChI is InChI=1S/C21H17F3N6O.C20H17F3N6O.C19H15F3N6O/c1-30-19(26-10-27-30)20(31)29-18-8-16-13(9-25-18)7-17(28-16)14-6-12(11-2-3-11)4-5-15(14)21(22,23)24;1-3-11-4-5-14(20(21,22)23)13(6-11)16-7-12-9-24-17(8-15(12)27-16)28-19(30)18-25-10-26-29(18)2;1-10-3-4-13(19(20,21)22)12(5-10)15-6-11-8-23-16(7-14(11)26-15)27-18(29)17-24-9-25-28(17)2/h4-11,28H,2-3H2,1H3,(H,25,29,31);4-10,27H,3H2,1-2H3,(H,24,28,30);3-9,26H,1-2H3,(H,23,27,29). The second-order valence-electron chi connectivity index (χ2n) is 20.9. The van der Waals surface area contributed by atoms with Crippen LogP contribution in [0.4, 0.5) is 57.0 Å². The zero-order chi connectivity index (χ0) is 64.0. The van der Waals surface area contributed by atoms with E-state index in [2.05, 4.69) is 76.1 Å². The van der Waals surface area contributed by atoms with E-state index in [4.69, 9.17) is 0 Å². The van der Waals surface area contributed by atoms with E-state index < -0.39 is 52.9 Å². The van der Waals surface area contributed by atoms with Gasteiger partial charge in [-0.3, -0.25) is 14.4 Å². The third-order valence-electron chi connectivity index (χ3n) is 14.5. The number of alkyl halides is 9. The van der Waals surface area contributed by atoms with Crippen LogP contribution in [0, 0.1) is 6.92 Å². The van der Waals surface area contributed by atoms with Gasteiger partial charge in [-0.1, -0.05) is 30.7 Å². The van der Waals surface area contributed by atoms with Gasteiger partial charge in [0.2, 0.25) is 17.5 Å². The molecule has 90 heavy (non-hydrogen) atoms. The Balaban J connectivity index is 0.000000139. The SMILES string of the molecule is CCc1ccc(C(F)(F)F)c(-c2cc3cnc(NC(=O)c4ncnn4C)cc3[nH]2)c1.Cc1ccc(C(F)(F)F)c(-c2cc3cnc(NC(=O)c4ncnn4C)cc3[nH]2)c1.Cn1ncnc1C(=O)Nc1cc2[nH]c(-c3cc(C4CC4)ccc3C(F)(F)F)cc2cn1. The van der Waals surface area contributed by atoms with Gasteiger partial charge >= 0.3 is 18.5 Å². The molecule has 3 aromatic carbocycles. The summed E-state index contributed by atoms with van der Waals surface area (Å²) in [4.78, 5) is 70.0. The number of amides is 3. The van der Waals surface area contributed by atoms with Crippen LogP contribution >= 0.6 is 0 Å². The van der Waals surface area contributed by atoms with E-state index in [1.165, 1.54) is 75.9 Å². The zero-order valence-electron chi connectivity index (χ0n) is 47.8. The highest BCUT2D eigenvalue weighted by Crippen LogP contribution is 2.45. The van der Waals surface area contributed by atoms with E-state index in [-0.39, 0.29) is 51.6 Å². The van der Waals surface area contributed by atoms with Crippen LogP contribution in [-0.4, -0.2) is 91.9 Å². The summed E-state index contributed by atoms with van der Waals surface area (Å²) >= 11 is 0. The molecule has 1 fully saturated rings. The monoisotopic (exact) mass is 1240 g/mol. The number of hydrogen-bond acceptors (Lipinski definition) is 12. The third kappa shape index (κ3) is 13.1. The van der Waals surface area contributed by atoms with Crippen molar-refractivity contribution in [1.29, 1.82) is 0 Å². The van der Waals surface area contributed by atoms with Crippen molar-refractivity contribution in [1.82, 2.24) is 74.2 Å². The molecule has 30 heteroatoms. The van der Waals surface area contributed by atoms with E-state index in [1.807, 2.05) is 6.92 Å². The number of fused-ring (bicyclic) bond motifs is 3. The molecule has 460 valence electrons. The van der Waals surface area contributed by atoms with Crippen molar-refractivity contribution in [2.75, 3.05) is 16.0 Å². The Morgan fingerprint density at radius 3 is 1.18 bits per heavy atom. The fraction of sp³-hybridized carbons (Fsp3) is 0.200. The second kappa shape index (κ2) is 23.9. The molecule has 0 aliphatic heterocycles. The molecule has 21 nitrogen and oxygen atoms in total. The number of carbonyl (C=O) groups excluding carboxylic acids is 3. The number of rotatable bonds is 11. The van der Waals surface area contributed by atoms with Gasteiger partial charge in [-0.25, -0.2) is 43.9 Å². The Labute approximate surface area is 502 Å². The summed E-state index contributed by atoms with van der Waals surface area (Å²) in [5.74, 6) is -0.113. The van der Waals surface area contributed by atoms with Gasteiger partial charge in [0.15, 0.2) is 0 Å². The van der Waals surface area contributed by atoms with Gasteiger partial charge < -0.3 is 30.9 Å². The maximum Gasteiger partial charge on any atom is 0.417 e. The highest BCUT2D eigenvalue weighted by atomic mass is 19.4. The van der Waals surface area contributed by atoms with E-state index in [9.17, 15) is 53.9 Å². The Kier molecular flexibility index (Phi) is 16.1. The van der Waals surface area contributed by atoms with Gasteiger partial charge in [-0.2, -0.15) is 54.8 Å². The van der Waals surface area contributed by atoms with E-state index in [1.54, 1.807) is 76.6 Å². The number of pyridine rings is 3. The molecule has 13 rings (SSSR count). The molecule has 0 bridgehead atoms. The van der Waals surface area contributed by atoms with Crippen molar-refractivity contribution in [3.8, 4) is 33.8 Å². The molecule has 6 N–H and O–H groups in total. The molecule has 1 saturated carbocycles. The fourth-order valence-corrected chi connectivity index (χ4v) is 9.85. The average Bonchev–Trinajstić information content (AvgIpc) is 3.60. The molecule has 0 radical (unpaired) electrons. The van der Waals surface area contributed by atoms with Crippen molar-refractivity contribution in [2.24, 2.45) is 21.1 Å². The lowest BCUT2D eigenvalue weighted by Gasteiger charge is -2.13. The number of carbonyl (C=O) groups is 3. The molecule has 12 aromatic rings. The number of anilines is 3. The molecule has 1 aliphatic carbocycles. The number of H-pyrrole nitrogens is 3. The lowest BCUT2D eigenvalue weighted by molar-refractivity contribution is -0.137. The van der Waals surface area contributed by atoms with Crippen LogP contribution in [0.1, 0.15) is 90.9 Å². The summed E-state index contributed by atoms with van der Waals surface area (Å²) in [7, 11) is 4.75. The van der Waals surface area contributed by atoms with E-state index >= 15 is 0 Å². The van der Waals surface area contributed by atoms with Crippen LogP contribution in [-0.2, 0) is 46.1 Å². The largest absolute Gasteiger partial charge is 0.417 e. The average molecular weight is 1240 g/mol. The van der Waals surface area contributed by atoms with Crippen molar-refractivity contribution >= 4 is 67.9 Å². The highest BCUT2D eigenvalue weighted by Gasteiger charge is 2.37. The molecule has 0 saturated heterocycles. The predicted octanol–water partition coefficient (Wildman–Crippen LogP) is 12.6. The van der Waals surface area contributed by atoms with Crippen LogP contribution in [0.15, 0.2) is 129 Å². The predicted molar refractivity (Wildman–Crippen MR) is 313 cm³/mol. The number of benzene rings is 3. The smallest absolute Gasteiger partial charge is 0.354 e. The Hall–Kier alpha value is -11.1. The van der Waals surface area contributed by atoms with Crippen LogP contribution in [0.5, 0.6) is 0 Å². The highest BCUT2D eigenvalue weighted by molar-refractivity contribution is 6.04. The molecule has 9 aromatic heterocycles. The molecule has 1 aliphatic rings. The van der Waals surface area contributed by atoms with Crippen LogP contribution in [0.3, 0.4) is 0 Å². The summed E-state index contributed by atoms with van der Waals surface area (Å²) in [6.45, 7) is 3.61. The maximum absolute atomic E-state index is 13.6. The summed E-state index contributed by atoms with van der Waals surface area (Å²) in [5, 5.41) is 21.2. The van der Waals surface area contributed by atoms with Gasteiger partial charge in [-0.05, 0) is 97.8 Å². The zero-order valence-corrected chi connectivity index (χ0v) is 47.8. The Bertz CT molecular complexity index is 4700. The van der Waals surface area contributed by atoms with E-state index in [0.717, 1.165) is 42.2 Å². The Morgan fingerprint density at radius 1 is 0.478 bits per heavy atom. The number of nitrogens with zero attached hydrogens (tertiary/aromatic N) is 12. The minimum absolute atomic E-state index is 0.0540. The van der Waals surface area contributed by atoms with Crippen molar-refractivity contribution in [3.63, 3.8) is 0 Å². The minimum Gasteiger partial charge on any atom is -0.354 e. The molecule has 9 heterocycles. The summed E-state index contributed by atoms with van der Waals surface area (Å²) in [6, 6.07) is 22.0. The normalized spacial score (nSPS) is 12.6. The van der Waals surface area contributed by atoms with Crippen molar-refractivity contribution < 1.29 is 53.9 Å². The molecule has 0 spiro atoms. The minimum atomic E-state index is -4.48. The third-order valence-corrected chi connectivity index (χ3v) is 14.5. The Morgan fingerprint density at radius 2 is 0.833 bits per heavy atom. The quantitative estimate of drug-likeness (QED) is 0.0660. The first kappa shape index (κ1) is 60.6. The number of hydrogen-bond donors (Lipinski definition) is 6. The van der Waals surface area contributed by atoms with Gasteiger partial charge in [0.05, 0.1) is 33.2 Å². The van der Waals surface area contributed by atoms with Gasteiger partial charge in [0, 0.05) is 108 Å². The number of aryl methyl sites for hydroxylation is 5. The van der Waals surface area contributed by atoms with Crippen LogP contribution in [0.2, 0.25) is 0 Å². The summed E-state index contributed by atoms with van der Waals surface area (Å²) < 4.78 is 126. The number of halogens is 9. The van der Waals surface area contributed by atoms with Crippen LogP contribution in [0.25, 0.3) is 66.5 Å². The van der Waals surface area contributed by atoms with Crippen LogP contribution < -0.4 is 16.0 Å². The number of aromatic nitrogens is 15. The molecule has 0 atom stereocenters. The molecule has 3 amide bonds. The van der Waals surface area contributed by atoms with Gasteiger partial charge in [0.25, 0.3) is 17.7 Å². The first-order chi connectivity index (χ1) is 42.8. The van der Waals surface area contributed by atoms with Gasteiger partial charge in [-0.15, -0.1) is 0 Å². The number of aromatic amines is 3. The first-order valence-electron chi connectivity index (χ1n) is 27.3. The van der Waals surface area contributed by atoms with Gasteiger partial charge in [0.1, 0.15) is 36.4 Å². The second-order valence-corrected chi connectivity index (χ2v) is 20.9. The van der Waals surface area contributed by atoms with E-state index in [0.29, 0.717) is 67.7 Å². The summed E-state index contributed by atoms with van der Waals surface area (Å²) in [6.07, 6.45) is -2.59. The maximum atomic E-state index is 13.6. The number of nitrogens with one attached hydrogen (secondary N) is 6. The fourth-order valence-electron chi connectivity index (χ4n) is 9.85. The topological polar surface area (TPSA) is 265 Å². The van der Waals surface area contributed by atoms with Crippen molar-refractivity contribution in [3.05, 3.63) is 179 Å². The first-order valence-corrected chi connectivity index (χ1v) is 27.3. The lowest BCUT2D eigenvalue weighted by atomic mass is 9.98. The molecular formula is C60H49F9N18O3. The molecule has 0 unspecified atom stereocenters. The van der Waals surface area contributed by atoms with Crippen molar-refractivity contribution in [2.45, 2.75) is 57.6 Å².